The molecule has 0 atom stereocenters. The Balaban J connectivity index is 2.22. The van der Waals surface area contributed by atoms with E-state index < -0.39 is 0 Å². The van der Waals surface area contributed by atoms with Crippen LogP contribution in [-0.2, 0) is 22.4 Å². The van der Waals surface area contributed by atoms with Gasteiger partial charge in [-0.2, -0.15) is 0 Å². The Morgan fingerprint density at radius 1 is 1.30 bits per heavy atom. The molecule has 0 spiro atoms. The van der Waals surface area contributed by atoms with Gasteiger partial charge in [-0.25, -0.2) is 9.78 Å². The molecule has 20 heavy (non-hydrogen) atoms. The zero-order valence-corrected chi connectivity index (χ0v) is 11.7. The van der Waals surface area contributed by atoms with Gasteiger partial charge in [-0.15, -0.1) is 0 Å². The van der Waals surface area contributed by atoms with E-state index in [1.54, 1.807) is 19.4 Å². The predicted molar refractivity (Wildman–Crippen MR) is 74.7 cm³/mol. The van der Waals surface area contributed by atoms with E-state index in [2.05, 4.69) is 4.98 Å². The zero-order chi connectivity index (χ0) is 14.4. The zero-order valence-electron chi connectivity index (χ0n) is 11.7. The van der Waals surface area contributed by atoms with Crippen LogP contribution in [0.4, 0.5) is 0 Å². The number of imidazole rings is 1. The van der Waals surface area contributed by atoms with Crippen LogP contribution in [0.2, 0.25) is 0 Å². The second kappa shape index (κ2) is 6.86. The number of nitrogens with zero attached hydrogens (tertiary/aromatic N) is 2. The molecule has 1 aromatic carbocycles. The van der Waals surface area contributed by atoms with E-state index >= 15 is 0 Å². The monoisotopic (exact) mass is 274 g/mol. The first-order valence-electron chi connectivity index (χ1n) is 6.41. The predicted octanol–water partition coefficient (Wildman–Crippen LogP) is 1.91. The summed E-state index contributed by atoms with van der Waals surface area (Å²) in [5.41, 5.74) is 1.50. The van der Waals surface area contributed by atoms with Crippen molar-refractivity contribution in [1.82, 2.24) is 9.55 Å². The summed E-state index contributed by atoms with van der Waals surface area (Å²) in [6, 6.07) is 7.43. The SMILES string of the molecule is COCCc1nccn1Cc1ccccc1C(=O)OC. The van der Waals surface area contributed by atoms with Crippen molar-refractivity contribution in [3.8, 4) is 0 Å². The third kappa shape index (κ3) is 3.24. The molecule has 0 aliphatic carbocycles. The molecule has 1 aromatic heterocycles. The Bertz CT molecular complexity index is 578. The van der Waals surface area contributed by atoms with Crippen molar-refractivity contribution in [2.45, 2.75) is 13.0 Å². The Kier molecular flexibility index (Phi) is 4.90. The summed E-state index contributed by atoms with van der Waals surface area (Å²) in [6.45, 7) is 1.21. The van der Waals surface area contributed by atoms with Gasteiger partial charge in [0.05, 0.1) is 19.3 Å². The quantitative estimate of drug-likeness (QED) is 0.755. The van der Waals surface area contributed by atoms with Crippen LogP contribution < -0.4 is 0 Å². The standard InChI is InChI=1S/C15H18N2O3/c1-19-10-7-14-16-8-9-17(14)11-12-5-3-4-6-13(12)15(18)20-2/h3-6,8-9H,7,10-11H2,1-2H3. The van der Waals surface area contributed by atoms with Crippen LogP contribution in [0.1, 0.15) is 21.7 Å². The van der Waals surface area contributed by atoms with Crippen LogP contribution in [0.3, 0.4) is 0 Å². The van der Waals surface area contributed by atoms with E-state index in [1.807, 2.05) is 29.0 Å². The van der Waals surface area contributed by atoms with Crippen LogP contribution in [0.25, 0.3) is 0 Å². The number of methoxy groups -OCH3 is 2. The van der Waals surface area contributed by atoms with Gasteiger partial charge in [0.15, 0.2) is 0 Å². The van der Waals surface area contributed by atoms with Crippen molar-refractivity contribution in [2.75, 3.05) is 20.8 Å². The van der Waals surface area contributed by atoms with Crippen molar-refractivity contribution in [1.29, 1.82) is 0 Å². The lowest BCUT2D eigenvalue weighted by atomic mass is 10.1. The lowest BCUT2D eigenvalue weighted by Crippen LogP contribution is -2.11. The van der Waals surface area contributed by atoms with Gasteiger partial charge < -0.3 is 14.0 Å². The molecule has 5 nitrogen and oxygen atoms in total. The van der Waals surface area contributed by atoms with Crippen LogP contribution in [0, 0.1) is 0 Å². The fourth-order valence-electron chi connectivity index (χ4n) is 2.06. The first-order chi connectivity index (χ1) is 9.76. The van der Waals surface area contributed by atoms with Crippen LogP contribution in [0.15, 0.2) is 36.7 Å². The highest BCUT2D eigenvalue weighted by Crippen LogP contribution is 2.13. The highest BCUT2D eigenvalue weighted by atomic mass is 16.5. The molecule has 5 heteroatoms. The largest absolute Gasteiger partial charge is 0.465 e. The van der Waals surface area contributed by atoms with Gasteiger partial charge in [0.2, 0.25) is 0 Å². The van der Waals surface area contributed by atoms with Gasteiger partial charge in [-0.05, 0) is 11.6 Å². The number of aromatic nitrogens is 2. The summed E-state index contributed by atoms with van der Waals surface area (Å²) in [6.07, 6.45) is 4.40. The summed E-state index contributed by atoms with van der Waals surface area (Å²) in [5.74, 6) is 0.616. The smallest absolute Gasteiger partial charge is 0.338 e. The molecule has 0 saturated heterocycles. The molecule has 0 saturated carbocycles. The van der Waals surface area contributed by atoms with E-state index in [9.17, 15) is 4.79 Å². The first-order valence-corrected chi connectivity index (χ1v) is 6.41. The molecule has 0 aliphatic rings. The summed E-state index contributed by atoms with van der Waals surface area (Å²) < 4.78 is 11.9. The number of hydrogen-bond donors (Lipinski definition) is 0. The van der Waals surface area contributed by atoms with Crippen molar-refractivity contribution in [2.24, 2.45) is 0 Å². The number of ether oxygens (including phenoxy) is 2. The highest BCUT2D eigenvalue weighted by molar-refractivity contribution is 5.90. The second-order valence-electron chi connectivity index (χ2n) is 4.36. The molecule has 1 heterocycles. The molecule has 106 valence electrons. The van der Waals surface area contributed by atoms with Gasteiger partial charge in [0, 0.05) is 32.5 Å². The van der Waals surface area contributed by atoms with E-state index in [0.717, 1.165) is 17.8 Å². The van der Waals surface area contributed by atoms with Gasteiger partial charge in [0.25, 0.3) is 0 Å². The number of esters is 1. The fourth-order valence-corrected chi connectivity index (χ4v) is 2.06. The fraction of sp³-hybridized carbons (Fsp3) is 0.333. The van der Waals surface area contributed by atoms with Crippen LogP contribution in [-0.4, -0.2) is 36.3 Å². The van der Waals surface area contributed by atoms with Crippen molar-refractivity contribution < 1.29 is 14.3 Å². The minimum atomic E-state index is -0.320. The van der Waals surface area contributed by atoms with E-state index in [-0.39, 0.29) is 5.97 Å². The maximum absolute atomic E-state index is 11.8. The van der Waals surface area contributed by atoms with E-state index in [1.165, 1.54) is 7.11 Å². The average molecular weight is 274 g/mol. The summed E-state index contributed by atoms with van der Waals surface area (Å²) in [5, 5.41) is 0. The maximum Gasteiger partial charge on any atom is 0.338 e. The molecule has 0 radical (unpaired) electrons. The average Bonchev–Trinajstić information content (AvgIpc) is 2.92. The lowest BCUT2D eigenvalue weighted by molar-refractivity contribution is 0.0599. The number of hydrogen-bond acceptors (Lipinski definition) is 4. The van der Waals surface area contributed by atoms with Crippen LogP contribution >= 0.6 is 0 Å². The van der Waals surface area contributed by atoms with Crippen molar-refractivity contribution >= 4 is 5.97 Å². The minimum absolute atomic E-state index is 0.320. The van der Waals surface area contributed by atoms with Gasteiger partial charge >= 0.3 is 5.97 Å². The van der Waals surface area contributed by atoms with Crippen LogP contribution in [0.5, 0.6) is 0 Å². The Morgan fingerprint density at radius 3 is 2.85 bits per heavy atom. The lowest BCUT2D eigenvalue weighted by Gasteiger charge is -2.11. The Labute approximate surface area is 118 Å². The Morgan fingerprint density at radius 2 is 2.10 bits per heavy atom. The molecule has 0 unspecified atom stereocenters. The number of carbonyl (C=O) groups is 1. The molecule has 0 N–H and O–H groups in total. The molecular weight excluding hydrogens is 256 g/mol. The van der Waals surface area contributed by atoms with Gasteiger partial charge in [-0.3, -0.25) is 0 Å². The minimum Gasteiger partial charge on any atom is -0.465 e. The maximum atomic E-state index is 11.8. The Hall–Kier alpha value is -2.14. The van der Waals surface area contributed by atoms with E-state index in [0.29, 0.717) is 18.7 Å². The summed E-state index contributed by atoms with van der Waals surface area (Å²) >= 11 is 0. The van der Waals surface area contributed by atoms with E-state index in [4.69, 9.17) is 9.47 Å². The molecule has 0 fully saturated rings. The molecule has 2 aromatic rings. The number of rotatable bonds is 6. The van der Waals surface area contributed by atoms with Crippen molar-refractivity contribution in [3.05, 3.63) is 53.6 Å². The summed E-state index contributed by atoms with van der Waals surface area (Å²) in [7, 11) is 3.06. The third-order valence-corrected chi connectivity index (χ3v) is 3.09. The van der Waals surface area contributed by atoms with Crippen molar-refractivity contribution in [3.63, 3.8) is 0 Å². The molecular formula is C15H18N2O3. The highest BCUT2D eigenvalue weighted by Gasteiger charge is 2.12. The van der Waals surface area contributed by atoms with Gasteiger partial charge in [0.1, 0.15) is 5.82 Å². The van der Waals surface area contributed by atoms with Gasteiger partial charge in [-0.1, -0.05) is 18.2 Å². The second-order valence-corrected chi connectivity index (χ2v) is 4.36. The molecule has 2 rings (SSSR count). The first kappa shape index (κ1) is 14.3. The topological polar surface area (TPSA) is 53.4 Å². The number of benzene rings is 1. The molecule has 0 aliphatic heterocycles. The summed E-state index contributed by atoms with van der Waals surface area (Å²) in [4.78, 5) is 16.1. The number of carbonyl (C=O) groups excluding carboxylic acids is 1. The third-order valence-electron chi connectivity index (χ3n) is 3.09. The molecule has 0 amide bonds. The normalized spacial score (nSPS) is 10.5. The molecule has 0 bridgehead atoms.